The van der Waals surface area contributed by atoms with Crippen LogP contribution < -0.4 is 4.74 Å². The van der Waals surface area contributed by atoms with E-state index in [0.717, 1.165) is 7.11 Å². The fourth-order valence-corrected chi connectivity index (χ4v) is 1.10. The monoisotopic (exact) mass is 232 g/mol. The Labute approximate surface area is 88.0 Å². The van der Waals surface area contributed by atoms with Gasteiger partial charge in [-0.2, -0.15) is 0 Å². The number of hydrogen-bond donors (Lipinski definition) is 0. The average molecular weight is 232 g/mol. The van der Waals surface area contributed by atoms with Gasteiger partial charge in [0, 0.05) is 6.07 Å². The molecule has 0 bridgehead atoms. The van der Waals surface area contributed by atoms with Crippen molar-refractivity contribution in [1.29, 1.82) is 0 Å². The summed E-state index contributed by atoms with van der Waals surface area (Å²) in [5.41, 5.74) is -2.07. The minimum absolute atomic E-state index is 0.123. The number of aldehydes is 1. The molecule has 16 heavy (non-hydrogen) atoms. The van der Waals surface area contributed by atoms with Crippen molar-refractivity contribution in [2.75, 3.05) is 7.11 Å². The molecule has 0 amide bonds. The third-order valence-corrected chi connectivity index (χ3v) is 1.74. The second kappa shape index (κ2) is 4.60. The van der Waals surface area contributed by atoms with Crippen molar-refractivity contribution in [2.24, 2.45) is 0 Å². The number of alkyl halides is 2. The standard InChI is InChI=1S/C8H6F2N2O4/c1-16-7-5(3-13)11-4(8(9)10)2-6(7)12(14)15/h2-3,8H,1H3. The lowest BCUT2D eigenvalue weighted by atomic mass is 10.2. The molecule has 0 atom stereocenters. The Balaban J connectivity index is 3.49. The van der Waals surface area contributed by atoms with E-state index in [1.807, 2.05) is 0 Å². The molecule has 0 unspecified atom stereocenters. The Hall–Kier alpha value is -2.12. The lowest BCUT2D eigenvalue weighted by molar-refractivity contribution is -0.386. The maximum absolute atomic E-state index is 12.3. The number of pyridine rings is 1. The van der Waals surface area contributed by atoms with Crippen LogP contribution in [0.4, 0.5) is 14.5 Å². The number of carbonyl (C=O) groups excluding carboxylic acids is 1. The van der Waals surface area contributed by atoms with E-state index >= 15 is 0 Å². The number of rotatable bonds is 4. The molecule has 6 nitrogen and oxygen atoms in total. The molecule has 0 aliphatic rings. The zero-order chi connectivity index (χ0) is 12.3. The number of carbonyl (C=O) groups is 1. The van der Waals surface area contributed by atoms with Crippen LogP contribution in [-0.4, -0.2) is 23.3 Å². The Kier molecular flexibility index (Phi) is 3.44. The minimum atomic E-state index is -3.00. The Bertz CT molecular complexity index is 436. The maximum atomic E-state index is 12.3. The molecular formula is C8H6F2N2O4. The molecule has 86 valence electrons. The van der Waals surface area contributed by atoms with Crippen LogP contribution in [0.3, 0.4) is 0 Å². The topological polar surface area (TPSA) is 82.3 Å². The number of methoxy groups -OCH3 is 1. The summed E-state index contributed by atoms with van der Waals surface area (Å²) in [5.74, 6) is -0.426. The number of aromatic nitrogens is 1. The molecule has 0 N–H and O–H groups in total. The largest absolute Gasteiger partial charge is 0.489 e. The van der Waals surface area contributed by atoms with Gasteiger partial charge in [-0.1, -0.05) is 0 Å². The van der Waals surface area contributed by atoms with Gasteiger partial charge in [0.1, 0.15) is 5.69 Å². The van der Waals surface area contributed by atoms with E-state index in [1.165, 1.54) is 0 Å². The summed E-state index contributed by atoms with van der Waals surface area (Å²) in [7, 11) is 1.08. The molecule has 0 saturated heterocycles. The fraction of sp³-hybridized carbons (Fsp3) is 0.250. The molecular weight excluding hydrogens is 226 g/mol. The molecule has 0 spiro atoms. The number of nitro groups is 1. The van der Waals surface area contributed by atoms with Crippen molar-refractivity contribution < 1.29 is 23.2 Å². The second-order valence-electron chi connectivity index (χ2n) is 2.66. The molecule has 0 aliphatic heterocycles. The van der Waals surface area contributed by atoms with Gasteiger partial charge >= 0.3 is 5.69 Å². The van der Waals surface area contributed by atoms with Crippen molar-refractivity contribution in [3.05, 3.63) is 27.6 Å². The van der Waals surface area contributed by atoms with E-state index in [1.54, 1.807) is 0 Å². The van der Waals surface area contributed by atoms with E-state index in [0.29, 0.717) is 6.07 Å². The quantitative estimate of drug-likeness (QED) is 0.448. The first-order chi connectivity index (χ1) is 7.51. The first-order valence-electron chi connectivity index (χ1n) is 3.98. The summed E-state index contributed by atoms with van der Waals surface area (Å²) >= 11 is 0. The molecule has 0 aromatic carbocycles. The summed E-state index contributed by atoms with van der Waals surface area (Å²) < 4.78 is 29.2. The van der Waals surface area contributed by atoms with Crippen LogP contribution in [0.25, 0.3) is 0 Å². The molecule has 0 saturated carbocycles. The summed E-state index contributed by atoms with van der Waals surface area (Å²) in [6, 6.07) is 0.580. The highest BCUT2D eigenvalue weighted by atomic mass is 19.3. The number of ether oxygens (including phenoxy) is 1. The van der Waals surface area contributed by atoms with E-state index in [2.05, 4.69) is 9.72 Å². The predicted molar refractivity (Wildman–Crippen MR) is 47.8 cm³/mol. The van der Waals surface area contributed by atoms with Crippen LogP contribution in [0.1, 0.15) is 22.6 Å². The highest BCUT2D eigenvalue weighted by molar-refractivity contribution is 5.79. The second-order valence-corrected chi connectivity index (χ2v) is 2.66. The van der Waals surface area contributed by atoms with Crippen LogP contribution in [0.5, 0.6) is 5.75 Å². The highest BCUT2D eigenvalue weighted by Crippen LogP contribution is 2.32. The highest BCUT2D eigenvalue weighted by Gasteiger charge is 2.24. The van der Waals surface area contributed by atoms with E-state index < -0.39 is 34.2 Å². The van der Waals surface area contributed by atoms with Gasteiger partial charge in [-0.15, -0.1) is 0 Å². The zero-order valence-electron chi connectivity index (χ0n) is 8.02. The SMILES string of the molecule is COc1c([N+](=O)[O-])cc(C(F)F)nc1C=O. The first kappa shape index (κ1) is 12.0. The lowest BCUT2D eigenvalue weighted by Gasteiger charge is -2.06. The van der Waals surface area contributed by atoms with Crippen LogP contribution in [0.2, 0.25) is 0 Å². The van der Waals surface area contributed by atoms with Crippen LogP contribution in [-0.2, 0) is 0 Å². The normalized spacial score (nSPS) is 10.2. The summed E-state index contributed by atoms with van der Waals surface area (Å²) in [5, 5.41) is 10.6. The van der Waals surface area contributed by atoms with Crippen molar-refractivity contribution in [1.82, 2.24) is 4.98 Å². The molecule has 1 aromatic heterocycles. The molecule has 1 rings (SSSR count). The van der Waals surface area contributed by atoms with Crippen LogP contribution >= 0.6 is 0 Å². The van der Waals surface area contributed by atoms with Crippen molar-refractivity contribution in [2.45, 2.75) is 6.43 Å². The van der Waals surface area contributed by atoms with Gasteiger partial charge < -0.3 is 4.74 Å². The summed E-state index contributed by atoms with van der Waals surface area (Å²) in [6.45, 7) is 0. The number of hydrogen-bond acceptors (Lipinski definition) is 5. The van der Waals surface area contributed by atoms with Crippen LogP contribution in [0, 0.1) is 10.1 Å². The molecule has 1 heterocycles. The summed E-state index contributed by atoms with van der Waals surface area (Å²) in [6.07, 6.45) is -2.87. The first-order valence-corrected chi connectivity index (χ1v) is 3.98. The minimum Gasteiger partial charge on any atom is -0.489 e. The smallest absolute Gasteiger partial charge is 0.315 e. The molecule has 8 heteroatoms. The molecule has 0 aliphatic carbocycles. The average Bonchev–Trinajstić information content (AvgIpc) is 2.26. The Morgan fingerprint density at radius 2 is 2.25 bits per heavy atom. The third kappa shape index (κ3) is 2.10. The Morgan fingerprint density at radius 3 is 2.62 bits per heavy atom. The van der Waals surface area contributed by atoms with Gasteiger partial charge in [-0.3, -0.25) is 14.9 Å². The van der Waals surface area contributed by atoms with Gasteiger partial charge in [-0.25, -0.2) is 13.8 Å². The summed E-state index contributed by atoms with van der Waals surface area (Å²) in [4.78, 5) is 23.4. The molecule has 1 aromatic rings. The number of nitrogens with zero attached hydrogens (tertiary/aromatic N) is 2. The van der Waals surface area contributed by atoms with Crippen molar-refractivity contribution >= 4 is 12.0 Å². The zero-order valence-corrected chi connectivity index (χ0v) is 8.02. The van der Waals surface area contributed by atoms with Gasteiger partial charge in [0.2, 0.25) is 5.75 Å². The van der Waals surface area contributed by atoms with E-state index in [9.17, 15) is 23.7 Å². The third-order valence-electron chi connectivity index (χ3n) is 1.74. The van der Waals surface area contributed by atoms with Crippen LogP contribution in [0.15, 0.2) is 6.07 Å². The van der Waals surface area contributed by atoms with Gasteiger partial charge in [0.05, 0.1) is 12.0 Å². The molecule has 0 radical (unpaired) electrons. The number of halogens is 2. The maximum Gasteiger partial charge on any atom is 0.315 e. The lowest BCUT2D eigenvalue weighted by Crippen LogP contribution is -2.03. The molecule has 0 fully saturated rings. The van der Waals surface area contributed by atoms with E-state index in [-0.39, 0.29) is 6.29 Å². The predicted octanol–water partition coefficient (Wildman–Crippen LogP) is 1.75. The van der Waals surface area contributed by atoms with Crippen molar-refractivity contribution in [3.8, 4) is 5.75 Å². The van der Waals surface area contributed by atoms with E-state index in [4.69, 9.17) is 0 Å². The van der Waals surface area contributed by atoms with Gasteiger partial charge in [0.25, 0.3) is 6.43 Å². The van der Waals surface area contributed by atoms with Crippen molar-refractivity contribution in [3.63, 3.8) is 0 Å². The Morgan fingerprint density at radius 1 is 1.62 bits per heavy atom. The van der Waals surface area contributed by atoms with Gasteiger partial charge in [0.15, 0.2) is 12.0 Å². The fourth-order valence-electron chi connectivity index (χ4n) is 1.10. The van der Waals surface area contributed by atoms with Gasteiger partial charge in [-0.05, 0) is 0 Å².